The van der Waals surface area contributed by atoms with Crippen LogP contribution in [0.1, 0.15) is 16.8 Å². The van der Waals surface area contributed by atoms with E-state index in [-0.39, 0.29) is 0 Å². The summed E-state index contributed by atoms with van der Waals surface area (Å²) < 4.78 is 5.72. The molecule has 0 radical (unpaired) electrons. The average molecular weight is 291 g/mol. The van der Waals surface area contributed by atoms with Crippen LogP contribution in [0.3, 0.4) is 0 Å². The summed E-state index contributed by atoms with van der Waals surface area (Å²) in [4.78, 5) is 4.23. The first-order valence-electron chi connectivity index (χ1n) is 7.19. The second-order valence-corrected chi connectivity index (χ2v) is 5.10. The standard InChI is InChI=1S/C19H17NO2/c21-18-8-4-15(5-9-18)13-16-6-10-19(11-7-16)22-14-17-3-1-2-12-20-17/h1-12,21H,13-14H2. The van der Waals surface area contributed by atoms with Crippen molar-refractivity contribution in [3.05, 3.63) is 89.7 Å². The second-order valence-electron chi connectivity index (χ2n) is 5.10. The lowest BCUT2D eigenvalue weighted by molar-refractivity contribution is 0.301. The summed E-state index contributed by atoms with van der Waals surface area (Å²) in [7, 11) is 0. The number of phenolic OH excluding ortho intramolecular Hbond substituents is 1. The van der Waals surface area contributed by atoms with E-state index < -0.39 is 0 Å². The number of ether oxygens (including phenoxy) is 1. The first kappa shape index (κ1) is 14.1. The maximum absolute atomic E-state index is 9.29. The van der Waals surface area contributed by atoms with Crippen molar-refractivity contribution >= 4 is 0 Å². The summed E-state index contributed by atoms with van der Waals surface area (Å²) in [5.74, 6) is 1.13. The van der Waals surface area contributed by atoms with Gasteiger partial charge in [0.25, 0.3) is 0 Å². The van der Waals surface area contributed by atoms with E-state index >= 15 is 0 Å². The highest BCUT2D eigenvalue weighted by molar-refractivity contribution is 5.33. The molecule has 0 aliphatic carbocycles. The van der Waals surface area contributed by atoms with Crippen LogP contribution >= 0.6 is 0 Å². The fraction of sp³-hybridized carbons (Fsp3) is 0.105. The van der Waals surface area contributed by atoms with Gasteiger partial charge in [0.1, 0.15) is 18.1 Å². The van der Waals surface area contributed by atoms with Crippen molar-refractivity contribution in [3.8, 4) is 11.5 Å². The topological polar surface area (TPSA) is 42.4 Å². The largest absolute Gasteiger partial charge is 0.508 e. The van der Waals surface area contributed by atoms with Gasteiger partial charge in [-0.2, -0.15) is 0 Å². The molecule has 0 spiro atoms. The van der Waals surface area contributed by atoms with Crippen molar-refractivity contribution in [1.29, 1.82) is 0 Å². The molecule has 2 aromatic carbocycles. The highest BCUT2D eigenvalue weighted by atomic mass is 16.5. The van der Waals surface area contributed by atoms with Crippen molar-refractivity contribution in [3.63, 3.8) is 0 Å². The predicted molar refractivity (Wildman–Crippen MR) is 85.9 cm³/mol. The third-order valence-corrected chi connectivity index (χ3v) is 3.38. The monoisotopic (exact) mass is 291 g/mol. The third-order valence-electron chi connectivity index (χ3n) is 3.38. The molecule has 3 rings (SSSR count). The number of aromatic hydroxyl groups is 1. The molecule has 0 aliphatic rings. The van der Waals surface area contributed by atoms with Gasteiger partial charge in [-0.3, -0.25) is 4.98 Å². The van der Waals surface area contributed by atoms with Crippen LogP contribution in [0.15, 0.2) is 72.9 Å². The molecule has 22 heavy (non-hydrogen) atoms. The molecule has 3 heteroatoms. The normalized spacial score (nSPS) is 10.4. The molecule has 1 N–H and O–H groups in total. The Morgan fingerprint density at radius 1 is 0.818 bits per heavy atom. The summed E-state index contributed by atoms with van der Waals surface area (Å²) in [6, 6.07) is 21.1. The minimum Gasteiger partial charge on any atom is -0.508 e. The Hall–Kier alpha value is -2.81. The van der Waals surface area contributed by atoms with Gasteiger partial charge < -0.3 is 9.84 Å². The lowest BCUT2D eigenvalue weighted by atomic mass is 10.0. The average Bonchev–Trinajstić information content (AvgIpc) is 2.57. The van der Waals surface area contributed by atoms with Crippen LogP contribution in [0.25, 0.3) is 0 Å². The van der Waals surface area contributed by atoms with Gasteiger partial charge in [-0.25, -0.2) is 0 Å². The van der Waals surface area contributed by atoms with Crippen LogP contribution in [0.2, 0.25) is 0 Å². The van der Waals surface area contributed by atoms with Gasteiger partial charge in [-0.15, -0.1) is 0 Å². The van der Waals surface area contributed by atoms with E-state index in [1.165, 1.54) is 11.1 Å². The number of hydrogen-bond acceptors (Lipinski definition) is 3. The highest BCUT2D eigenvalue weighted by Gasteiger charge is 2.00. The first-order valence-corrected chi connectivity index (χ1v) is 7.19. The maximum atomic E-state index is 9.29. The molecule has 3 nitrogen and oxygen atoms in total. The van der Waals surface area contributed by atoms with Crippen molar-refractivity contribution < 1.29 is 9.84 Å². The van der Waals surface area contributed by atoms with E-state index in [4.69, 9.17) is 4.74 Å². The molecule has 1 heterocycles. The number of benzene rings is 2. The summed E-state index contributed by atoms with van der Waals surface area (Å²) in [5, 5.41) is 9.29. The molecule has 3 aromatic rings. The number of aromatic nitrogens is 1. The fourth-order valence-electron chi connectivity index (χ4n) is 2.19. The Morgan fingerprint density at radius 2 is 1.50 bits per heavy atom. The SMILES string of the molecule is Oc1ccc(Cc2ccc(OCc3ccccn3)cc2)cc1. The van der Waals surface area contributed by atoms with Crippen molar-refractivity contribution in [2.24, 2.45) is 0 Å². The summed E-state index contributed by atoms with van der Waals surface area (Å²) in [6.07, 6.45) is 2.60. The van der Waals surface area contributed by atoms with E-state index in [0.29, 0.717) is 12.4 Å². The smallest absolute Gasteiger partial charge is 0.130 e. The Kier molecular flexibility index (Phi) is 4.35. The summed E-state index contributed by atoms with van der Waals surface area (Å²) in [5.41, 5.74) is 3.28. The molecule has 0 unspecified atom stereocenters. The van der Waals surface area contributed by atoms with Gasteiger partial charge in [0.2, 0.25) is 0 Å². The lowest BCUT2D eigenvalue weighted by Crippen LogP contribution is -1.97. The lowest BCUT2D eigenvalue weighted by Gasteiger charge is -2.07. The van der Waals surface area contributed by atoms with Gasteiger partial charge in [0.15, 0.2) is 0 Å². The Balaban J connectivity index is 1.59. The van der Waals surface area contributed by atoms with E-state index in [0.717, 1.165) is 17.9 Å². The number of pyridine rings is 1. The summed E-state index contributed by atoms with van der Waals surface area (Å²) in [6.45, 7) is 0.470. The van der Waals surface area contributed by atoms with Gasteiger partial charge in [-0.05, 0) is 53.9 Å². The maximum Gasteiger partial charge on any atom is 0.130 e. The predicted octanol–water partition coefficient (Wildman–Crippen LogP) is 3.96. The Bertz CT molecular complexity index is 707. The van der Waals surface area contributed by atoms with Gasteiger partial charge >= 0.3 is 0 Å². The number of nitrogens with zero attached hydrogens (tertiary/aromatic N) is 1. The van der Waals surface area contributed by atoms with Crippen LogP contribution in [0, 0.1) is 0 Å². The van der Waals surface area contributed by atoms with Crippen molar-refractivity contribution in [1.82, 2.24) is 4.98 Å². The third kappa shape index (κ3) is 3.85. The van der Waals surface area contributed by atoms with E-state index in [1.54, 1.807) is 18.3 Å². The molecule has 0 fully saturated rings. The molecular weight excluding hydrogens is 274 g/mol. The number of hydrogen-bond donors (Lipinski definition) is 1. The zero-order valence-electron chi connectivity index (χ0n) is 12.1. The Morgan fingerprint density at radius 3 is 2.14 bits per heavy atom. The first-order chi connectivity index (χ1) is 10.8. The Labute approximate surface area is 129 Å². The molecule has 1 aromatic heterocycles. The fourth-order valence-corrected chi connectivity index (χ4v) is 2.19. The van der Waals surface area contributed by atoms with Crippen LogP contribution in [0.4, 0.5) is 0 Å². The van der Waals surface area contributed by atoms with Crippen LogP contribution < -0.4 is 4.74 Å². The number of rotatable bonds is 5. The van der Waals surface area contributed by atoms with Gasteiger partial charge in [0, 0.05) is 6.20 Å². The molecule has 0 saturated carbocycles. The molecule has 0 atom stereocenters. The molecule has 110 valence electrons. The quantitative estimate of drug-likeness (QED) is 0.773. The van der Waals surface area contributed by atoms with Crippen LogP contribution in [-0.2, 0) is 13.0 Å². The van der Waals surface area contributed by atoms with Gasteiger partial charge in [0.05, 0.1) is 5.69 Å². The minimum atomic E-state index is 0.294. The van der Waals surface area contributed by atoms with Gasteiger partial charge in [-0.1, -0.05) is 30.3 Å². The molecule has 0 amide bonds. The zero-order valence-corrected chi connectivity index (χ0v) is 12.1. The second kappa shape index (κ2) is 6.76. The van der Waals surface area contributed by atoms with Crippen LogP contribution in [-0.4, -0.2) is 10.1 Å². The van der Waals surface area contributed by atoms with Crippen molar-refractivity contribution in [2.45, 2.75) is 13.0 Å². The molecule has 0 bridgehead atoms. The molecule has 0 saturated heterocycles. The van der Waals surface area contributed by atoms with E-state index in [2.05, 4.69) is 17.1 Å². The minimum absolute atomic E-state index is 0.294. The number of phenols is 1. The van der Waals surface area contributed by atoms with E-state index in [1.807, 2.05) is 42.5 Å². The molecular formula is C19H17NO2. The van der Waals surface area contributed by atoms with E-state index in [9.17, 15) is 5.11 Å². The van der Waals surface area contributed by atoms with Crippen LogP contribution in [0.5, 0.6) is 11.5 Å². The molecule has 0 aliphatic heterocycles. The highest BCUT2D eigenvalue weighted by Crippen LogP contribution is 2.17. The summed E-state index contributed by atoms with van der Waals surface area (Å²) >= 11 is 0. The van der Waals surface area contributed by atoms with Crippen molar-refractivity contribution in [2.75, 3.05) is 0 Å². The zero-order chi connectivity index (χ0) is 15.2.